The van der Waals surface area contributed by atoms with Gasteiger partial charge in [-0.15, -0.1) is 11.3 Å². The minimum absolute atomic E-state index is 0.0548. The van der Waals surface area contributed by atoms with Gasteiger partial charge in [0.15, 0.2) is 5.11 Å². The third-order valence-electron chi connectivity index (χ3n) is 10.1. The van der Waals surface area contributed by atoms with E-state index in [0.717, 1.165) is 6.07 Å². The molecular weight excluding hydrogens is 731 g/mol. The van der Waals surface area contributed by atoms with Crippen molar-refractivity contribution in [2.75, 3.05) is 0 Å². The van der Waals surface area contributed by atoms with Gasteiger partial charge in [-0.3, -0.25) is 14.4 Å². The molecule has 0 saturated carbocycles. The Morgan fingerprint density at radius 1 is 1.06 bits per heavy atom. The number of nitrogens with zero attached hydrogens (tertiary/aromatic N) is 1. The van der Waals surface area contributed by atoms with Gasteiger partial charge in [0.1, 0.15) is 28.1 Å². The van der Waals surface area contributed by atoms with Crippen LogP contribution in [0.5, 0.6) is 0 Å². The number of aromatic nitrogens is 2. The second-order valence-corrected chi connectivity index (χ2v) is 14.9. The van der Waals surface area contributed by atoms with Crippen LogP contribution in [0.3, 0.4) is 0 Å². The Morgan fingerprint density at radius 3 is 2.42 bits per heavy atom. The lowest BCUT2D eigenvalue weighted by Crippen LogP contribution is -2.65. The predicted octanol–water partition coefficient (Wildman–Crippen LogP) is 6.21. The summed E-state index contributed by atoms with van der Waals surface area (Å²) in [5.74, 6) is -2.68. The summed E-state index contributed by atoms with van der Waals surface area (Å²) in [6, 6.07) is 8.50. The fourth-order valence-electron chi connectivity index (χ4n) is 6.60. The number of halogens is 4. The number of benzene rings is 2. The number of primary amides is 1. The number of hydrogen-bond acceptors (Lipinski definition) is 6. The summed E-state index contributed by atoms with van der Waals surface area (Å²) in [6.45, 7) is 7.66. The quantitative estimate of drug-likeness (QED) is 0.0698. The van der Waals surface area contributed by atoms with E-state index in [2.05, 4.69) is 31.2 Å². The standard InChI is InChI=1S/C37H43F4N7O3S2/c1-5-19(3)28(47-35(52)43-17-21-10-7-8-13-25(21)38)32(50)48-36(34(51)46-29(20(4)6-2)33-45-27(18-53-33)31(42)49)15-14-26-23(16-36)22-11-9-12-24(30(22)44-26)37(39,40)41/h7-13,18-20,28-29,44H,5-6,14-17H2,1-4H3,(H2,42,49)(H,46,51)(H,48,50)(H2,43,47,52)/t19-,20-,28-,29-,36+/m0/s1. The smallest absolute Gasteiger partial charge is 0.364 e. The zero-order valence-corrected chi connectivity index (χ0v) is 31.4. The zero-order chi connectivity index (χ0) is 38.7. The molecule has 0 fully saturated rings. The Bertz CT molecular complexity index is 2000. The highest BCUT2D eigenvalue weighted by molar-refractivity contribution is 7.80. The number of nitrogens with two attached hydrogens (primary N) is 1. The third-order valence-corrected chi connectivity index (χ3v) is 11.3. The number of rotatable bonds is 13. The van der Waals surface area contributed by atoms with Gasteiger partial charge in [-0.25, -0.2) is 9.37 Å². The minimum Gasteiger partial charge on any atom is -0.364 e. The van der Waals surface area contributed by atoms with Crippen LogP contribution in [-0.4, -0.2) is 44.4 Å². The molecule has 2 heterocycles. The number of H-pyrrole nitrogens is 1. The number of para-hydroxylation sites is 1. The van der Waals surface area contributed by atoms with Gasteiger partial charge in [-0.1, -0.05) is 70.9 Å². The molecule has 0 aliphatic heterocycles. The Labute approximate surface area is 314 Å². The van der Waals surface area contributed by atoms with E-state index in [0.29, 0.717) is 40.1 Å². The highest BCUT2D eigenvalue weighted by Gasteiger charge is 2.47. The largest absolute Gasteiger partial charge is 0.418 e. The SMILES string of the molecule is CC[C@H](C)[C@H](NC(=S)NCc1ccccc1F)C(=O)N[C@]1(C(=O)N[C@H](c2nc(C(N)=O)cs2)[C@@H](C)CC)CCc2[nH]c3c(C(F)(F)F)cccc3c2C1. The van der Waals surface area contributed by atoms with Crippen LogP contribution in [0.4, 0.5) is 17.6 Å². The first kappa shape index (κ1) is 39.6. The van der Waals surface area contributed by atoms with Crippen LogP contribution in [0.1, 0.15) is 90.9 Å². The Hall–Kier alpha value is -4.57. The number of hydrogen-bond donors (Lipinski definition) is 6. The van der Waals surface area contributed by atoms with Crippen molar-refractivity contribution in [3.05, 3.63) is 86.7 Å². The van der Waals surface area contributed by atoms with E-state index in [1.54, 1.807) is 24.3 Å². The number of nitrogens with one attached hydrogen (secondary N) is 5. The van der Waals surface area contributed by atoms with E-state index >= 15 is 0 Å². The van der Waals surface area contributed by atoms with Gasteiger partial charge in [0.2, 0.25) is 11.8 Å². The van der Waals surface area contributed by atoms with Crippen molar-refractivity contribution in [2.45, 2.75) is 90.1 Å². The molecule has 53 heavy (non-hydrogen) atoms. The lowest BCUT2D eigenvalue weighted by molar-refractivity contribution is -0.136. The summed E-state index contributed by atoms with van der Waals surface area (Å²) >= 11 is 6.68. The van der Waals surface area contributed by atoms with E-state index in [1.165, 1.54) is 28.8 Å². The van der Waals surface area contributed by atoms with Gasteiger partial charge in [0.05, 0.1) is 17.1 Å². The summed E-state index contributed by atoms with van der Waals surface area (Å²) in [6.07, 6.45) is -3.33. The number of aromatic amines is 1. The lowest BCUT2D eigenvalue weighted by atomic mass is 9.78. The van der Waals surface area contributed by atoms with Crippen molar-refractivity contribution in [1.29, 1.82) is 0 Å². The number of amides is 3. The normalized spacial score (nSPS) is 18.0. The molecule has 4 aromatic rings. The molecule has 0 radical (unpaired) electrons. The fraction of sp³-hybridized carbons (Fsp3) is 0.432. The van der Waals surface area contributed by atoms with Crippen LogP contribution in [0.15, 0.2) is 47.8 Å². The molecular formula is C37H43F4N7O3S2. The number of carbonyl (C=O) groups is 3. The topological polar surface area (TPSA) is 154 Å². The van der Waals surface area contributed by atoms with E-state index in [9.17, 15) is 31.9 Å². The van der Waals surface area contributed by atoms with E-state index in [4.69, 9.17) is 18.0 Å². The van der Waals surface area contributed by atoms with Crippen LogP contribution in [-0.2, 0) is 35.2 Å². The van der Waals surface area contributed by atoms with Crippen molar-refractivity contribution in [3.8, 4) is 0 Å². The second-order valence-electron chi connectivity index (χ2n) is 13.6. The molecule has 5 rings (SSSR count). The molecule has 3 amide bonds. The molecule has 0 saturated heterocycles. The van der Waals surface area contributed by atoms with Crippen LogP contribution in [0.2, 0.25) is 0 Å². The van der Waals surface area contributed by atoms with Gasteiger partial charge >= 0.3 is 6.18 Å². The first-order valence-electron chi connectivity index (χ1n) is 17.4. The molecule has 16 heteroatoms. The molecule has 284 valence electrons. The highest BCUT2D eigenvalue weighted by Crippen LogP contribution is 2.40. The molecule has 0 spiro atoms. The van der Waals surface area contributed by atoms with E-state index in [-0.39, 0.29) is 54.0 Å². The van der Waals surface area contributed by atoms with Gasteiger partial charge in [0, 0.05) is 35.0 Å². The first-order chi connectivity index (χ1) is 25.1. The average molecular weight is 774 g/mol. The predicted molar refractivity (Wildman–Crippen MR) is 199 cm³/mol. The Balaban J connectivity index is 1.50. The minimum atomic E-state index is -4.62. The third kappa shape index (κ3) is 8.64. The Kier molecular flexibility index (Phi) is 12.1. The molecule has 5 atom stereocenters. The fourth-order valence-corrected chi connectivity index (χ4v) is 7.79. The molecule has 2 aromatic carbocycles. The van der Waals surface area contributed by atoms with Crippen molar-refractivity contribution in [1.82, 2.24) is 31.2 Å². The molecule has 10 nitrogen and oxygen atoms in total. The number of carbonyl (C=O) groups excluding carboxylic acids is 3. The van der Waals surface area contributed by atoms with E-state index in [1.807, 2.05) is 27.7 Å². The number of thiocarbonyl (C=S) groups is 1. The number of thiazole rings is 1. The van der Waals surface area contributed by atoms with Gasteiger partial charge in [-0.05, 0) is 54.6 Å². The maximum atomic E-state index is 14.7. The van der Waals surface area contributed by atoms with Crippen LogP contribution < -0.4 is 27.0 Å². The molecule has 7 N–H and O–H groups in total. The first-order valence-corrected chi connectivity index (χ1v) is 18.7. The molecule has 0 unspecified atom stereocenters. The Morgan fingerprint density at radius 2 is 1.77 bits per heavy atom. The van der Waals surface area contributed by atoms with Crippen molar-refractivity contribution < 1.29 is 31.9 Å². The van der Waals surface area contributed by atoms with Crippen molar-refractivity contribution in [2.24, 2.45) is 17.6 Å². The van der Waals surface area contributed by atoms with Crippen molar-refractivity contribution >= 4 is 57.3 Å². The second kappa shape index (κ2) is 16.2. The monoisotopic (exact) mass is 773 g/mol. The summed E-state index contributed by atoms with van der Waals surface area (Å²) in [5, 5.41) is 14.5. The number of fused-ring (bicyclic) bond motifs is 3. The van der Waals surface area contributed by atoms with Gasteiger partial charge in [-0.2, -0.15) is 13.2 Å². The zero-order valence-electron chi connectivity index (χ0n) is 29.7. The number of aryl methyl sites for hydroxylation is 1. The van der Waals surface area contributed by atoms with Gasteiger partial charge in [0.25, 0.3) is 5.91 Å². The maximum Gasteiger partial charge on any atom is 0.418 e. The summed E-state index contributed by atoms with van der Waals surface area (Å²) in [5.41, 5.74) is 4.41. The lowest BCUT2D eigenvalue weighted by Gasteiger charge is -2.40. The summed E-state index contributed by atoms with van der Waals surface area (Å²) in [7, 11) is 0. The van der Waals surface area contributed by atoms with Crippen LogP contribution in [0.25, 0.3) is 10.9 Å². The molecule has 0 bridgehead atoms. The van der Waals surface area contributed by atoms with E-state index < -0.39 is 52.9 Å². The van der Waals surface area contributed by atoms with Crippen molar-refractivity contribution in [3.63, 3.8) is 0 Å². The highest BCUT2D eigenvalue weighted by atomic mass is 32.1. The summed E-state index contributed by atoms with van der Waals surface area (Å²) in [4.78, 5) is 48.3. The molecule has 1 aliphatic carbocycles. The number of alkyl halides is 3. The molecule has 2 aromatic heterocycles. The molecule has 1 aliphatic rings. The van der Waals surface area contributed by atoms with Crippen LogP contribution >= 0.6 is 23.6 Å². The summed E-state index contributed by atoms with van der Waals surface area (Å²) < 4.78 is 56.4. The maximum absolute atomic E-state index is 14.7. The van der Waals surface area contributed by atoms with Gasteiger partial charge < -0.3 is 32.0 Å². The average Bonchev–Trinajstić information content (AvgIpc) is 3.76. The van der Waals surface area contributed by atoms with Crippen LogP contribution in [0, 0.1) is 17.7 Å².